The minimum absolute atomic E-state index is 0.113. The van der Waals surface area contributed by atoms with Crippen LogP contribution in [0.15, 0.2) is 12.1 Å². The predicted octanol–water partition coefficient (Wildman–Crippen LogP) is 2.33. The van der Waals surface area contributed by atoms with Gasteiger partial charge in [-0.2, -0.15) is 0 Å². The summed E-state index contributed by atoms with van der Waals surface area (Å²) in [4.78, 5) is 1.14. The summed E-state index contributed by atoms with van der Waals surface area (Å²) in [7, 11) is 1.69. The molecule has 0 saturated carbocycles. The molecule has 0 amide bonds. The lowest BCUT2D eigenvalue weighted by atomic mass is 10.1. The van der Waals surface area contributed by atoms with Crippen molar-refractivity contribution in [2.75, 3.05) is 7.11 Å². The molecule has 3 N–H and O–H groups in total. The summed E-state index contributed by atoms with van der Waals surface area (Å²) in [5, 5.41) is 0. The lowest BCUT2D eigenvalue weighted by Crippen LogP contribution is -2.30. The van der Waals surface area contributed by atoms with Crippen molar-refractivity contribution in [1.82, 2.24) is 5.43 Å². The Labute approximate surface area is 93.2 Å². The van der Waals surface area contributed by atoms with E-state index in [1.807, 2.05) is 19.1 Å². The molecule has 2 unspecified atom stereocenters. The van der Waals surface area contributed by atoms with E-state index in [4.69, 9.17) is 22.2 Å². The molecule has 1 rings (SSSR count). The lowest BCUT2D eigenvalue weighted by Gasteiger charge is -2.17. The highest BCUT2D eigenvalue weighted by Crippen LogP contribution is 2.29. The Balaban J connectivity index is 2.62. The van der Waals surface area contributed by atoms with Crippen molar-refractivity contribution in [1.29, 1.82) is 0 Å². The van der Waals surface area contributed by atoms with E-state index in [0.29, 0.717) is 0 Å². The SMILES string of the molecule is COC(C)CC(NN)c1ccc(Cl)s1. The first-order valence-corrected chi connectivity index (χ1v) is 5.61. The molecule has 0 fully saturated rings. The molecule has 0 spiro atoms. The van der Waals surface area contributed by atoms with Crippen LogP contribution in [-0.4, -0.2) is 13.2 Å². The first-order valence-electron chi connectivity index (χ1n) is 4.41. The number of hydrogen-bond donors (Lipinski definition) is 2. The Hall–Kier alpha value is -0.130. The highest BCUT2D eigenvalue weighted by atomic mass is 35.5. The largest absolute Gasteiger partial charge is 0.382 e. The Morgan fingerprint density at radius 1 is 1.64 bits per heavy atom. The summed E-state index contributed by atoms with van der Waals surface area (Å²) < 4.78 is 5.97. The molecule has 3 nitrogen and oxygen atoms in total. The number of hydrogen-bond acceptors (Lipinski definition) is 4. The summed E-state index contributed by atoms with van der Waals surface area (Å²) in [6.45, 7) is 2.01. The standard InChI is InChI=1S/C9H15ClN2OS/c1-6(13-2)5-7(12-11)8-3-4-9(10)14-8/h3-4,6-7,12H,5,11H2,1-2H3. The van der Waals surface area contributed by atoms with Crippen molar-refractivity contribution < 1.29 is 4.74 Å². The van der Waals surface area contributed by atoms with Gasteiger partial charge < -0.3 is 4.74 Å². The highest BCUT2D eigenvalue weighted by Gasteiger charge is 2.15. The Morgan fingerprint density at radius 3 is 2.79 bits per heavy atom. The monoisotopic (exact) mass is 234 g/mol. The number of halogens is 1. The molecule has 0 aliphatic heterocycles. The molecule has 80 valence electrons. The van der Waals surface area contributed by atoms with Crippen LogP contribution in [0.25, 0.3) is 0 Å². The van der Waals surface area contributed by atoms with Crippen LogP contribution in [0.5, 0.6) is 0 Å². The summed E-state index contributed by atoms with van der Waals surface area (Å²) >= 11 is 7.39. The van der Waals surface area contributed by atoms with Crippen molar-refractivity contribution >= 4 is 22.9 Å². The van der Waals surface area contributed by atoms with Gasteiger partial charge in [0.2, 0.25) is 0 Å². The van der Waals surface area contributed by atoms with E-state index in [-0.39, 0.29) is 12.1 Å². The van der Waals surface area contributed by atoms with Crippen molar-refractivity contribution in [3.63, 3.8) is 0 Å². The van der Waals surface area contributed by atoms with E-state index in [2.05, 4.69) is 5.43 Å². The second-order valence-corrected chi connectivity index (χ2v) is 4.89. The van der Waals surface area contributed by atoms with Gasteiger partial charge in [-0.3, -0.25) is 11.3 Å². The van der Waals surface area contributed by atoms with Crippen molar-refractivity contribution in [3.05, 3.63) is 21.3 Å². The van der Waals surface area contributed by atoms with E-state index >= 15 is 0 Å². The molecule has 2 atom stereocenters. The average molecular weight is 235 g/mol. The van der Waals surface area contributed by atoms with Gasteiger partial charge in [-0.15, -0.1) is 11.3 Å². The van der Waals surface area contributed by atoms with Crippen LogP contribution in [-0.2, 0) is 4.74 Å². The molecule has 5 heteroatoms. The normalized spacial score (nSPS) is 15.4. The Kier molecular flexibility index (Phi) is 4.84. The number of nitrogens with one attached hydrogen (secondary N) is 1. The van der Waals surface area contributed by atoms with Gasteiger partial charge in [0.05, 0.1) is 16.5 Å². The van der Waals surface area contributed by atoms with E-state index < -0.39 is 0 Å². The number of hydrazine groups is 1. The molecule has 14 heavy (non-hydrogen) atoms. The molecule has 0 saturated heterocycles. The minimum atomic E-state index is 0.113. The van der Waals surface area contributed by atoms with Gasteiger partial charge in [-0.1, -0.05) is 11.6 Å². The number of ether oxygens (including phenoxy) is 1. The molecule has 1 aromatic rings. The van der Waals surface area contributed by atoms with E-state index in [1.54, 1.807) is 18.4 Å². The van der Waals surface area contributed by atoms with Crippen LogP contribution in [0.4, 0.5) is 0 Å². The molecular weight excluding hydrogens is 220 g/mol. The van der Waals surface area contributed by atoms with Gasteiger partial charge >= 0.3 is 0 Å². The fourth-order valence-corrected chi connectivity index (χ4v) is 2.34. The highest BCUT2D eigenvalue weighted by molar-refractivity contribution is 7.16. The summed E-state index contributed by atoms with van der Waals surface area (Å²) in [5.41, 5.74) is 2.77. The second kappa shape index (κ2) is 5.68. The van der Waals surface area contributed by atoms with Gasteiger partial charge in [0.15, 0.2) is 0 Å². The van der Waals surface area contributed by atoms with Crippen LogP contribution in [0.1, 0.15) is 24.3 Å². The third-order valence-corrected chi connectivity index (χ3v) is 3.45. The zero-order valence-corrected chi connectivity index (χ0v) is 9.86. The smallest absolute Gasteiger partial charge is 0.0931 e. The maximum absolute atomic E-state index is 5.85. The van der Waals surface area contributed by atoms with E-state index in [9.17, 15) is 0 Å². The predicted molar refractivity (Wildman–Crippen MR) is 60.5 cm³/mol. The fourth-order valence-electron chi connectivity index (χ4n) is 1.21. The topological polar surface area (TPSA) is 47.3 Å². The molecular formula is C9H15ClN2OS. The Morgan fingerprint density at radius 2 is 2.36 bits per heavy atom. The van der Waals surface area contributed by atoms with E-state index in [0.717, 1.165) is 15.6 Å². The molecule has 0 bridgehead atoms. The number of thiophene rings is 1. The van der Waals surface area contributed by atoms with Crippen LogP contribution >= 0.6 is 22.9 Å². The molecule has 1 heterocycles. The van der Waals surface area contributed by atoms with Crippen LogP contribution < -0.4 is 11.3 Å². The van der Waals surface area contributed by atoms with Crippen molar-refractivity contribution in [2.45, 2.75) is 25.5 Å². The van der Waals surface area contributed by atoms with Gasteiger partial charge in [0, 0.05) is 12.0 Å². The number of methoxy groups -OCH3 is 1. The summed E-state index contributed by atoms with van der Waals surface area (Å²) in [5.74, 6) is 5.48. The third-order valence-electron chi connectivity index (χ3n) is 2.11. The molecule has 1 aromatic heterocycles. The lowest BCUT2D eigenvalue weighted by molar-refractivity contribution is 0.101. The second-order valence-electron chi connectivity index (χ2n) is 3.14. The van der Waals surface area contributed by atoms with Crippen molar-refractivity contribution in [3.8, 4) is 0 Å². The maximum atomic E-state index is 5.85. The number of nitrogens with two attached hydrogens (primary N) is 1. The van der Waals surface area contributed by atoms with Gasteiger partial charge in [0.25, 0.3) is 0 Å². The van der Waals surface area contributed by atoms with Gasteiger partial charge in [-0.05, 0) is 25.5 Å². The summed E-state index contributed by atoms with van der Waals surface area (Å²) in [6, 6.07) is 3.98. The summed E-state index contributed by atoms with van der Waals surface area (Å²) in [6.07, 6.45) is 1.01. The van der Waals surface area contributed by atoms with Crippen LogP contribution in [0, 0.1) is 0 Å². The van der Waals surface area contributed by atoms with Crippen LogP contribution in [0.2, 0.25) is 4.34 Å². The zero-order chi connectivity index (χ0) is 10.6. The molecule has 0 aliphatic carbocycles. The fraction of sp³-hybridized carbons (Fsp3) is 0.556. The first kappa shape index (κ1) is 11.9. The van der Waals surface area contributed by atoms with Crippen molar-refractivity contribution in [2.24, 2.45) is 5.84 Å². The minimum Gasteiger partial charge on any atom is -0.382 e. The van der Waals surface area contributed by atoms with Gasteiger partial charge in [-0.25, -0.2) is 0 Å². The third kappa shape index (κ3) is 3.22. The molecule has 0 radical (unpaired) electrons. The average Bonchev–Trinajstić information content (AvgIpc) is 2.60. The van der Waals surface area contributed by atoms with Crippen LogP contribution in [0.3, 0.4) is 0 Å². The molecule has 0 aliphatic rings. The Bertz CT molecular complexity index is 280. The zero-order valence-electron chi connectivity index (χ0n) is 8.29. The van der Waals surface area contributed by atoms with E-state index in [1.165, 1.54) is 0 Å². The van der Waals surface area contributed by atoms with Gasteiger partial charge in [0.1, 0.15) is 0 Å². The number of rotatable bonds is 5. The first-order chi connectivity index (χ1) is 6.67. The molecule has 0 aromatic carbocycles. The quantitative estimate of drug-likeness (QED) is 0.607. The maximum Gasteiger partial charge on any atom is 0.0931 e.